The topological polar surface area (TPSA) is 0 Å². The van der Waals surface area contributed by atoms with Gasteiger partial charge in [0, 0.05) is 0 Å². The van der Waals surface area contributed by atoms with Crippen LogP contribution >= 0.6 is 37.2 Å². The van der Waals surface area contributed by atoms with Crippen molar-refractivity contribution in [3.05, 3.63) is 13.2 Å². The van der Waals surface area contributed by atoms with Crippen LogP contribution in [0.25, 0.3) is 0 Å². The zero-order valence-electron chi connectivity index (χ0n) is 3.35. The van der Waals surface area contributed by atoms with Crippen molar-refractivity contribution >= 4 is 61.1 Å². The summed E-state index contributed by atoms with van der Waals surface area (Å²) in [6.45, 7) is 6.00. The SMILES string of the molecule is C=C.Cl.Cl.Cl.[SnH2]. The van der Waals surface area contributed by atoms with Crippen LogP contribution in [0.1, 0.15) is 0 Å². The molecule has 6 heavy (non-hydrogen) atoms. The Morgan fingerprint density at radius 2 is 0.667 bits per heavy atom. The van der Waals surface area contributed by atoms with Gasteiger partial charge in [0.05, 0.1) is 0 Å². The molecule has 0 unspecified atom stereocenters. The normalized spacial score (nSPS) is 0.667. The predicted molar refractivity (Wildman–Crippen MR) is 41.5 cm³/mol. The van der Waals surface area contributed by atoms with Crippen molar-refractivity contribution in [3.8, 4) is 0 Å². The third kappa shape index (κ3) is 53.0. The average molecular weight is 258 g/mol. The summed E-state index contributed by atoms with van der Waals surface area (Å²) >= 11 is 0. The number of hydrogen-bond acceptors (Lipinski definition) is 0. The molecule has 0 rings (SSSR count). The van der Waals surface area contributed by atoms with Gasteiger partial charge < -0.3 is 0 Å². The Bertz CT molecular complexity index is 8.75. The Hall–Kier alpha value is 1.41. The van der Waals surface area contributed by atoms with E-state index in [2.05, 4.69) is 13.2 Å². The van der Waals surface area contributed by atoms with Crippen LogP contribution in [0.2, 0.25) is 0 Å². The van der Waals surface area contributed by atoms with Crippen molar-refractivity contribution in [2.24, 2.45) is 0 Å². The molecule has 0 aliphatic rings. The molecule has 4 heteroatoms. The van der Waals surface area contributed by atoms with E-state index in [0.717, 1.165) is 0 Å². The summed E-state index contributed by atoms with van der Waals surface area (Å²) in [5.74, 6) is 0. The van der Waals surface area contributed by atoms with Gasteiger partial charge in [-0.2, -0.15) is 0 Å². The van der Waals surface area contributed by atoms with Crippen LogP contribution in [-0.2, 0) is 0 Å². The van der Waals surface area contributed by atoms with Gasteiger partial charge in [-0.3, -0.25) is 0 Å². The number of hydrogen-bond donors (Lipinski definition) is 0. The van der Waals surface area contributed by atoms with E-state index in [0.29, 0.717) is 0 Å². The molecule has 0 heterocycles. The Kier molecular flexibility index (Phi) is 826. The molecule has 0 aliphatic heterocycles. The molecule has 0 saturated heterocycles. The minimum absolute atomic E-state index is 0. The van der Waals surface area contributed by atoms with E-state index >= 15 is 0 Å². The average Bonchev–Trinajstić information content (AvgIpc) is 1.00. The van der Waals surface area contributed by atoms with Gasteiger partial charge in [0.1, 0.15) is 0 Å². The molecule has 0 aliphatic carbocycles. The molecule has 0 nitrogen and oxygen atoms in total. The zero-order valence-corrected chi connectivity index (χ0v) is 9.83. The molecule has 0 aromatic heterocycles. The molecule has 0 N–H and O–H groups in total. The van der Waals surface area contributed by atoms with E-state index in [1.54, 1.807) is 0 Å². The number of halogens is 3. The molecule has 42 valence electrons. The first-order valence-electron chi connectivity index (χ1n) is 0.500. The predicted octanol–water partition coefficient (Wildman–Crippen LogP) is 1.15. The Morgan fingerprint density at radius 3 is 0.667 bits per heavy atom. The van der Waals surface area contributed by atoms with E-state index in [4.69, 9.17) is 0 Å². The van der Waals surface area contributed by atoms with E-state index < -0.39 is 0 Å². The molecular weight excluding hydrogens is 249 g/mol. The van der Waals surface area contributed by atoms with Gasteiger partial charge in [0.15, 0.2) is 0 Å². The molecule has 0 aromatic rings. The van der Waals surface area contributed by atoms with Crippen molar-refractivity contribution in [2.45, 2.75) is 0 Å². The fraction of sp³-hybridized carbons (Fsp3) is 0. The first kappa shape index (κ1) is 52.4. The quantitative estimate of drug-likeness (QED) is 0.451. The first-order valence-corrected chi connectivity index (χ1v) is 0.500. The summed E-state index contributed by atoms with van der Waals surface area (Å²) in [5.41, 5.74) is 0. The van der Waals surface area contributed by atoms with Crippen molar-refractivity contribution in [3.63, 3.8) is 0 Å². The molecule has 0 aromatic carbocycles. The Labute approximate surface area is 74.0 Å². The van der Waals surface area contributed by atoms with Gasteiger partial charge in [-0.1, -0.05) is 0 Å². The molecule has 0 bridgehead atoms. The second-order valence-corrected chi connectivity index (χ2v) is 0. The first-order chi connectivity index (χ1) is 1.00. The van der Waals surface area contributed by atoms with E-state index in [-0.39, 0.29) is 61.1 Å². The monoisotopic (exact) mass is 258 g/mol. The summed E-state index contributed by atoms with van der Waals surface area (Å²) in [6.07, 6.45) is 0. The second kappa shape index (κ2) is 94.5. The molecule has 0 saturated carbocycles. The molecule has 0 fully saturated rings. The fourth-order valence-corrected chi connectivity index (χ4v) is 0. The Balaban J connectivity index is -0.000000000833. The van der Waals surface area contributed by atoms with Crippen LogP contribution in [0, 0.1) is 0 Å². The van der Waals surface area contributed by atoms with Gasteiger partial charge in [-0.05, 0) is 0 Å². The molecule has 0 atom stereocenters. The van der Waals surface area contributed by atoms with E-state index in [9.17, 15) is 0 Å². The summed E-state index contributed by atoms with van der Waals surface area (Å²) in [4.78, 5) is 0. The summed E-state index contributed by atoms with van der Waals surface area (Å²) in [7, 11) is 0. The summed E-state index contributed by atoms with van der Waals surface area (Å²) < 4.78 is 0. The zero-order chi connectivity index (χ0) is 2.00. The molecular formula is C2H9Cl3Sn. The molecule has 0 spiro atoms. The standard InChI is InChI=1S/C2H4.3ClH.Sn.2H/c1-2;;;;;;/h1-2H2;3*1H;;;. The van der Waals surface area contributed by atoms with Gasteiger partial charge in [-0.25, -0.2) is 0 Å². The van der Waals surface area contributed by atoms with Gasteiger partial charge >= 0.3 is 23.9 Å². The molecule has 2 radical (unpaired) electrons. The van der Waals surface area contributed by atoms with E-state index in [1.807, 2.05) is 0 Å². The van der Waals surface area contributed by atoms with Crippen LogP contribution in [0.4, 0.5) is 0 Å². The van der Waals surface area contributed by atoms with Crippen LogP contribution < -0.4 is 0 Å². The van der Waals surface area contributed by atoms with E-state index in [1.165, 1.54) is 0 Å². The summed E-state index contributed by atoms with van der Waals surface area (Å²) in [5, 5.41) is 0. The third-order valence-electron chi connectivity index (χ3n) is 0. The van der Waals surface area contributed by atoms with Crippen LogP contribution in [0.5, 0.6) is 0 Å². The maximum atomic E-state index is 3.00. The van der Waals surface area contributed by atoms with Crippen molar-refractivity contribution in [1.29, 1.82) is 0 Å². The van der Waals surface area contributed by atoms with Crippen molar-refractivity contribution in [2.75, 3.05) is 0 Å². The molecule has 0 amide bonds. The maximum absolute atomic E-state index is 3.00. The Morgan fingerprint density at radius 1 is 0.667 bits per heavy atom. The summed E-state index contributed by atoms with van der Waals surface area (Å²) in [6, 6.07) is 0. The van der Waals surface area contributed by atoms with Crippen molar-refractivity contribution < 1.29 is 0 Å². The van der Waals surface area contributed by atoms with Gasteiger partial charge in [0.2, 0.25) is 0 Å². The van der Waals surface area contributed by atoms with Gasteiger partial charge in [-0.15, -0.1) is 50.4 Å². The number of rotatable bonds is 0. The fourth-order valence-electron chi connectivity index (χ4n) is 0. The third-order valence-corrected chi connectivity index (χ3v) is 0. The van der Waals surface area contributed by atoms with Crippen molar-refractivity contribution in [1.82, 2.24) is 0 Å². The van der Waals surface area contributed by atoms with Gasteiger partial charge in [0.25, 0.3) is 0 Å². The van der Waals surface area contributed by atoms with Crippen LogP contribution in [0.3, 0.4) is 0 Å². The second-order valence-electron chi connectivity index (χ2n) is 0. The van der Waals surface area contributed by atoms with Crippen LogP contribution in [0.15, 0.2) is 13.2 Å². The van der Waals surface area contributed by atoms with Crippen LogP contribution in [-0.4, -0.2) is 23.9 Å². The minimum atomic E-state index is 0.